The van der Waals surface area contributed by atoms with Gasteiger partial charge >= 0.3 is 0 Å². The number of hydrogen-bond acceptors (Lipinski definition) is 5. The molecule has 2 heterocycles. The fourth-order valence-electron chi connectivity index (χ4n) is 3.03. The van der Waals surface area contributed by atoms with E-state index in [0.29, 0.717) is 13.1 Å². The number of halogens is 1. The summed E-state index contributed by atoms with van der Waals surface area (Å²) in [7, 11) is 1.98. The monoisotopic (exact) mass is 513 g/mol. The van der Waals surface area contributed by atoms with Crippen LogP contribution in [0.3, 0.4) is 0 Å². The molecule has 2 N–H and O–H groups in total. The van der Waals surface area contributed by atoms with Crippen molar-refractivity contribution in [1.29, 1.82) is 0 Å². The van der Waals surface area contributed by atoms with E-state index >= 15 is 0 Å². The van der Waals surface area contributed by atoms with Crippen molar-refractivity contribution >= 4 is 29.9 Å². The summed E-state index contributed by atoms with van der Waals surface area (Å²) in [5.74, 6) is 2.59. The molecule has 0 amide bonds. The number of benzene rings is 1. The number of aliphatic imine (C=N–C) groups is 1. The van der Waals surface area contributed by atoms with E-state index in [1.165, 1.54) is 5.56 Å². The second kappa shape index (κ2) is 12.8. The van der Waals surface area contributed by atoms with Crippen molar-refractivity contribution in [3.8, 4) is 0 Å². The third-order valence-electron chi connectivity index (χ3n) is 4.91. The molecular formula is C20H32IN7O. The number of morpholine rings is 1. The summed E-state index contributed by atoms with van der Waals surface area (Å²) in [6.07, 6.45) is 1.06. The number of aromatic nitrogens is 3. The van der Waals surface area contributed by atoms with Crippen molar-refractivity contribution in [2.45, 2.75) is 26.4 Å². The Hall–Kier alpha value is -1.72. The highest BCUT2D eigenvalue weighted by Gasteiger charge is 2.10. The molecule has 0 aliphatic carbocycles. The average Bonchev–Trinajstić information content (AvgIpc) is 3.06. The highest BCUT2D eigenvalue weighted by Crippen LogP contribution is 2.01. The number of ether oxygens (including phenoxy) is 1. The minimum Gasteiger partial charge on any atom is -0.379 e. The molecule has 0 spiro atoms. The molecule has 1 aliphatic rings. The highest BCUT2D eigenvalue weighted by atomic mass is 127. The Morgan fingerprint density at radius 1 is 1.14 bits per heavy atom. The van der Waals surface area contributed by atoms with E-state index in [1.54, 1.807) is 0 Å². The summed E-state index contributed by atoms with van der Waals surface area (Å²) in [5.41, 5.74) is 1.19. The maximum Gasteiger partial charge on any atom is 0.191 e. The zero-order valence-electron chi connectivity index (χ0n) is 17.3. The maximum atomic E-state index is 5.40. The van der Waals surface area contributed by atoms with Gasteiger partial charge in [0.2, 0.25) is 0 Å². The number of aryl methyl sites for hydroxylation is 1. The summed E-state index contributed by atoms with van der Waals surface area (Å²) in [5, 5.41) is 15.2. The van der Waals surface area contributed by atoms with Gasteiger partial charge in [-0.25, -0.2) is 4.99 Å². The van der Waals surface area contributed by atoms with Gasteiger partial charge in [-0.3, -0.25) is 4.90 Å². The van der Waals surface area contributed by atoms with Crippen LogP contribution in [0.1, 0.15) is 23.6 Å². The molecule has 9 heteroatoms. The van der Waals surface area contributed by atoms with Gasteiger partial charge in [-0.1, -0.05) is 30.3 Å². The second-order valence-electron chi connectivity index (χ2n) is 6.96. The Morgan fingerprint density at radius 2 is 1.90 bits per heavy atom. The molecule has 3 rings (SSSR count). The minimum absolute atomic E-state index is 0. The predicted molar refractivity (Wildman–Crippen MR) is 125 cm³/mol. The van der Waals surface area contributed by atoms with Crippen LogP contribution < -0.4 is 10.6 Å². The minimum atomic E-state index is 0. The van der Waals surface area contributed by atoms with Crippen molar-refractivity contribution in [1.82, 2.24) is 30.3 Å². The van der Waals surface area contributed by atoms with Crippen LogP contribution in [0, 0.1) is 6.92 Å². The van der Waals surface area contributed by atoms with Crippen LogP contribution in [-0.2, 0) is 24.9 Å². The molecule has 8 nitrogen and oxygen atoms in total. The number of rotatable bonds is 8. The Labute approximate surface area is 190 Å². The lowest BCUT2D eigenvalue weighted by atomic mass is 10.2. The Morgan fingerprint density at radius 3 is 2.59 bits per heavy atom. The van der Waals surface area contributed by atoms with Gasteiger partial charge in [0, 0.05) is 26.7 Å². The van der Waals surface area contributed by atoms with Crippen LogP contribution >= 0.6 is 24.0 Å². The zero-order valence-corrected chi connectivity index (χ0v) is 19.6. The number of nitrogens with one attached hydrogen (secondary N) is 2. The van der Waals surface area contributed by atoms with E-state index < -0.39 is 0 Å². The van der Waals surface area contributed by atoms with Gasteiger partial charge in [-0.05, 0) is 25.5 Å². The first-order chi connectivity index (χ1) is 13.7. The third-order valence-corrected chi connectivity index (χ3v) is 4.91. The molecule has 1 aromatic carbocycles. The smallest absolute Gasteiger partial charge is 0.191 e. The van der Waals surface area contributed by atoms with E-state index in [1.807, 2.05) is 36.7 Å². The Kier molecular flexibility index (Phi) is 10.4. The first-order valence-electron chi connectivity index (χ1n) is 9.93. The highest BCUT2D eigenvalue weighted by molar-refractivity contribution is 14.0. The van der Waals surface area contributed by atoms with Gasteiger partial charge < -0.3 is 19.9 Å². The molecule has 0 radical (unpaired) electrons. The van der Waals surface area contributed by atoms with Crippen molar-refractivity contribution in [3.63, 3.8) is 0 Å². The average molecular weight is 513 g/mol. The van der Waals surface area contributed by atoms with Crippen molar-refractivity contribution in [2.75, 3.05) is 39.4 Å². The molecule has 1 fully saturated rings. The predicted octanol–water partition coefficient (Wildman–Crippen LogP) is 1.70. The molecule has 0 unspecified atom stereocenters. The standard InChI is InChI=1S/C20H31N7O.HI/c1-17-24-25-19(26(17)2)16-23-20(22-15-18-7-4-3-5-8-18)21-9-6-10-27-11-13-28-14-12-27;/h3-5,7-8H,6,9-16H2,1-2H3,(H2,21,22,23);1H. The summed E-state index contributed by atoms with van der Waals surface area (Å²) in [4.78, 5) is 7.18. The van der Waals surface area contributed by atoms with Crippen LogP contribution in [0.5, 0.6) is 0 Å². The van der Waals surface area contributed by atoms with Crippen LogP contribution in [0.15, 0.2) is 35.3 Å². The molecule has 0 atom stereocenters. The Balaban J connectivity index is 0.00000300. The lowest BCUT2D eigenvalue weighted by Crippen LogP contribution is -2.40. The molecular weight excluding hydrogens is 481 g/mol. The van der Waals surface area contributed by atoms with Crippen LogP contribution in [0.25, 0.3) is 0 Å². The SMILES string of the molecule is Cc1nnc(CNC(=NCc2ccccc2)NCCCN2CCOCC2)n1C.I. The summed E-state index contributed by atoms with van der Waals surface area (Å²) in [6.45, 7) is 8.85. The molecule has 29 heavy (non-hydrogen) atoms. The second-order valence-corrected chi connectivity index (χ2v) is 6.96. The molecule has 1 saturated heterocycles. The fourth-order valence-corrected chi connectivity index (χ4v) is 3.03. The largest absolute Gasteiger partial charge is 0.379 e. The van der Waals surface area contributed by atoms with Gasteiger partial charge in [0.05, 0.1) is 26.3 Å². The first kappa shape index (κ1) is 23.6. The quantitative estimate of drug-likeness (QED) is 0.242. The number of nitrogens with zero attached hydrogens (tertiary/aromatic N) is 5. The lowest BCUT2D eigenvalue weighted by molar-refractivity contribution is 0.0376. The van der Waals surface area contributed by atoms with E-state index in [-0.39, 0.29) is 24.0 Å². The number of guanidine groups is 1. The van der Waals surface area contributed by atoms with Gasteiger partial charge in [-0.15, -0.1) is 34.2 Å². The lowest BCUT2D eigenvalue weighted by Gasteiger charge is -2.26. The first-order valence-corrected chi connectivity index (χ1v) is 9.93. The van der Waals surface area contributed by atoms with Crippen LogP contribution in [0.4, 0.5) is 0 Å². The molecule has 0 bridgehead atoms. The fraction of sp³-hybridized carbons (Fsp3) is 0.550. The maximum absolute atomic E-state index is 5.40. The van der Waals surface area contributed by atoms with Gasteiger partial charge in [-0.2, -0.15) is 0 Å². The third kappa shape index (κ3) is 7.90. The molecule has 2 aromatic rings. The normalized spacial score (nSPS) is 15.0. The number of hydrogen-bond donors (Lipinski definition) is 2. The van der Waals surface area contributed by atoms with Crippen LogP contribution in [0.2, 0.25) is 0 Å². The van der Waals surface area contributed by atoms with Crippen molar-refractivity contribution in [3.05, 3.63) is 47.5 Å². The van der Waals surface area contributed by atoms with Gasteiger partial charge in [0.1, 0.15) is 5.82 Å². The summed E-state index contributed by atoms with van der Waals surface area (Å²) >= 11 is 0. The zero-order chi connectivity index (χ0) is 19.6. The van der Waals surface area contributed by atoms with Crippen LogP contribution in [-0.4, -0.2) is 65.0 Å². The molecule has 160 valence electrons. The van der Waals surface area contributed by atoms with E-state index in [9.17, 15) is 0 Å². The molecule has 1 aromatic heterocycles. The van der Waals surface area contributed by atoms with E-state index in [4.69, 9.17) is 9.73 Å². The summed E-state index contributed by atoms with van der Waals surface area (Å²) < 4.78 is 7.39. The summed E-state index contributed by atoms with van der Waals surface area (Å²) in [6, 6.07) is 10.3. The molecule has 1 aliphatic heterocycles. The van der Waals surface area contributed by atoms with Gasteiger partial charge in [0.15, 0.2) is 11.8 Å². The van der Waals surface area contributed by atoms with E-state index in [0.717, 1.165) is 63.4 Å². The van der Waals surface area contributed by atoms with Crippen molar-refractivity contribution < 1.29 is 4.74 Å². The van der Waals surface area contributed by atoms with Gasteiger partial charge in [0.25, 0.3) is 0 Å². The van der Waals surface area contributed by atoms with Crippen molar-refractivity contribution in [2.24, 2.45) is 12.0 Å². The molecule has 0 saturated carbocycles. The Bertz CT molecular complexity index is 745. The topological polar surface area (TPSA) is 79.6 Å². The van der Waals surface area contributed by atoms with E-state index in [2.05, 4.69) is 37.9 Å².